The van der Waals surface area contributed by atoms with Gasteiger partial charge in [0, 0.05) is 38.4 Å². The fourth-order valence-corrected chi connectivity index (χ4v) is 3.35. The summed E-state index contributed by atoms with van der Waals surface area (Å²) in [7, 11) is 0. The molecule has 1 amide bonds. The van der Waals surface area contributed by atoms with Crippen molar-refractivity contribution in [2.24, 2.45) is 0 Å². The molecule has 0 spiro atoms. The molecule has 1 unspecified atom stereocenters. The van der Waals surface area contributed by atoms with E-state index < -0.39 is 0 Å². The highest BCUT2D eigenvalue weighted by Crippen LogP contribution is 2.20. The third-order valence-corrected chi connectivity index (χ3v) is 4.57. The lowest BCUT2D eigenvalue weighted by molar-refractivity contribution is -0.121. The highest BCUT2D eigenvalue weighted by molar-refractivity contribution is 5.78. The second kappa shape index (κ2) is 7.20. The molecule has 4 nitrogen and oxygen atoms in total. The number of amides is 1. The van der Waals surface area contributed by atoms with Crippen molar-refractivity contribution in [3.63, 3.8) is 0 Å². The van der Waals surface area contributed by atoms with E-state index in [1.54, 1.807) is 12.1 Å². The van der Waals surface area contributed by atoms with Gasteiger partial charge in [0.05, 0.1) is 6.42 Å². The van der Waals surface area contributed by atoms with E-state index in [9.17, 15) is 9.18 Å². The fraction of sp³-hybridized carbons (Fsp3) is 0.588. The lowest BCUT2D eigenvalue weighted by Crippen LogP contribution is -2.42. The monoisotopic (exact) mass is 306 g/mol. The zero-order valence-corrected chi connectivity index (χ0v) is 12.8. The molecule has 1 N–H and O–H groups in total. The Morgan fingerprint density at radius 2 is 1.95 bits per heavy atom. The van der Waals surface area contributed by atoms with Gasteiger partial charge in [0.25, 0.3) is 0 Å². The number of likely N-dealkylation sites (tertiary alicyclic amines) is 1. The SMILES string of the molecule is O=C(Cc1ccc(F)cc1)NC1CCN(C2CCOCC2)C1. The maximum Gasteiger partial charge on any atom is 0.224 e. The topological polar surface area (TPSA) is 41.6 Å². The number of carbonyl (C=O) groups is 1. The largest absolute Gasteiger partial charge is 0.381 e. The number of ether oxygens (including phenoxy) is 1. The van der Waals surface area contributed by atoms with Crippen LogP contribution in [0.1, 0.15) is 24.8 Å². The van der Waals surface area contributed by atoms with Crippen molar-refractivity contribution >= 4 is 5.91 Å². The van der Waals surface area contributed by atoms with Gasteiger partial charge in [-0.3, -0.25) is 9.69 Å². The van der Waals surface area contributed by atoms with Crippen LogP contribution >= 0.6 is 0 Å². The van der Waals surface area contributed by atoms with Gasteiger partial charge in [0.15, 0.2) is 0 Å². The predicted molar refractivity (Wildman–Crippen MR) is 82.1 cm³/mol. The Morgan fingerprint density at radius 3 is 2.68 bits per heavy atom. The quantitative estimate of drug-likeness (QED) is 0.921. The minimum atomic E-state index is -0.271. The van der Waals surface area contributed by atoms with Gasteiger partial charge in [-0.05, 0) is 37.0 Å². The van der Waals surface area contributed by atoms with Crippen LogP contribution in [0.4, 0.5) is 4.39 Å². The fourth-order valence-electron chi connectivity index (χ4n) is 3.35. The van der Waals surface area contributed by atoms with Crippen molar-refractivity contribution < 1.29 is 13.9 Å². The summed E-state index contributed by atoms with van der Waals surface area (Å²) in [4.78, 5) is 14.6. The van der Waals surface area contributed by atoms with Crippen LogP contribution in [-0.4, -0.2) is 49.2 Å². The Labute approximate surface area is 130 Å². The predicted octanol–water partition coefficient (Wildman–Crippen LogP) is 1.74. The number of halogens is 1. The van der Waals surface area contributed by atoms with Crippen LogP contribution in [-0.2, 0) is 16.0 Å². The molecule has 0 bridgehead atoms. The van der Waals surface area contributed by atoms with Gasteiger partial charge in [-0.1, -0.05) is 12.1 Å². The summed E-state index contributed by atoms with van der Waals surface area (Å²) in [5, 5.41) is 3.11. The first kappa shape index (κ1) is 15.4. The number of hydrogen-bond acceptors (Lipinski definition) is 3. The van der Waals surface area contributed by atoms with Gasteiger partial charge in [-0.15, -0.1) is 0 Å². The third-order valence-electron chi connectivity index (χ3n) is 4.57. The minimum absolute atomic E-state index is 0.0189. The van der Waals surface area contributed by atoms with E-state index in [4.69, 9.17) is 4.74 Å². The molecule has 2 heterocycles. The molecule has 1 atom stereocenters. The highest BCUT2D eigenvalue weighted by Gasteiger charge is 2.29. The molecule has 0 radical (unpaired) electrons. The Bertz CT molecular complexity index is 500. The van der Waals surface area contributed by atoms with Crippen LogP contribution < -0.4 is 5.32 Å². The molecule has 1 aromatic rings. The Balaban J connectivity index is 1.45. The first-order chi connectivity index (χ1) is 10.7. The van der Waals surface area contributed by atoms with Crippen molar-refractivity contribution in [2.75, 3.05) is 26.3 Å². The molecule has 0 aliphatic carbocycles. The highest BCUT2D eigenvalue weighted by atomic mass is 19.1. The average molecular weight is 306 g/mol. The minimum Gasteiger partial charge on any atom is -0.381 e. The Kier molecular flexibility index (Phi) is 5.05. The molecule has 22 heavy (non-hydrogen) atoms. The summed E-state index contributed by atoms with van der Waals surface area (Å²) in [6.07, 6.45) is 3.51. The van der Waals surface area contributed by atoms with Crippen LogP contribution in [0.15, 0.2) is 24.3 Å². The molecule has 0 aromatic heterocycles. The van der Waals surface area contributed by atoms with Crippen LogP contribution in [0.2, 0.25) is 0 Å². The standard InChI is InChI=1S/C17H23FN2O2/c18-14-3-1-13(2-4-14)11-17(21)19-15-5-8-20(12-15)16-6-9-22-10-7-16/h1-4,15-16H,5-12H2,(H,19,21). The summed E-state index contributed by atoms with van der Waals surface area (Å²) >= 11 is 0. The maximum atomic E-state index is 12.9. The molecule has 120 valence electrons. The number of hydrogen-bond donors (Lipinski definition) is 1. The summed E-state index contributed by atoms with van der Waals surface area (Å²) < 4.78 is 18.3. The smallest absolute Gasteiger partial charge is 0.224 e. The molecule has 3 rings (SSSR count). The van der Waals surface area contributed by atoms with E-state index in [2.05, 4.69) is 10.2 Å². The van der Waals surface area contributed by atoms with E-state index in [-0.39, 0.29) is 17.8 Å². The number of nitrogens with zero attached hydrogens (tertiary/aromatic N) is 1. The summed E-state index contributed by atoms with van der Waals surface area (Å²) in [6, 6.07) is 6.95. The second-order valence-corrected chi connectivity index (χ2v) is 6.19. The van der Waals surface area contributed by atoms with Crippen molar-refractivity contribution in [2.45, 2.75) is 37.8 Å². The van der Waals surface area contributed by atoms with Gasteiger partial charge < -0.3 is 10.1 Å². The molecule has 2 fully saturated rings. The molecular formula is C17H23FN2O2. The molecule has 1 aromatic carbocycles. The number of carbonyl (C=O) groups excluding carboxylic acids is 1. The van der Waals surface area contributed by atoms with E-state index in [1.165, 1.54) is 12.1 Å². The van der Waals surface area contributed by atoms with E-state index in [0.717, 1.165) is 51.1 Å². The van der Waals surface area contributed by atoms with Crippen molar-refractivity contribution in [3.05, 3.63) is 35.6 Å². The summed E-state index contributed by atoms with van der Waals surface area (Å²) in [5.41, 5.74) is 0.846. The van der Waals surface area contributed by atoms with Gasteiger partial charge >= 0.3 is 0 Å². The average Bonchev–Trinajstić information content (AvgIpc) is 2.99. The van der Waals surface area contributed by atoms with Gasteiger partial charge in [0.2, 0.25) is 5.91 Å². The first-order valence-corrected chi connectivity index (χ1v) is 8.06. The first-order valence-electron chi connectivity index (χ1n) is 8.06. The van der Waals surface area contributed by atoms with E-state index >= 15 is 0 Å². The summed E-state index contributed by atoms with van der Waals surface area (Å²) in [6.45, 7) is 3.68. The third kappa shape index (κ3) is 4.05. The lowest BCUT2D eigenvalue weighted by Gasteiger charge is -2.31. The zero-order chi connectivity index (χ0) is 15.4. The molecule has 2 saturated heterocycles. The second-order valence-electron chi connectivity index (χ2n) is 6.19. The molecule has 0 saturated carbocycles. The van der Waals surface area contributed by atoms with Crippen LogP contribution in [0, 0.1) is 5.82 Å². The maximum absolute atomic E-state index is 12.9. The van der Waals surface area contributed by atoms with Gasteiger partial charge in [-0.25, -0.2) is 4.39 Å². The van der Waals surface area contributed by atoms with E-state index in [1.807, 2.05) is 0 Å². The van der Waals surface area contributed by atoms with Crippen molar-refractivity contribution in [1.82, 2.24) is 10.2 Å². The number of benzene rings is 1. The molecular weight excluding hydrogens is 283 g/mol. The van der Waals surface area contributed by atoms with Crippen molar-refractivity contribution in [3.8, 4) is 0 Å². The Hall–Kier alpha value is -1.46. The molecule has 2 aliphatic rings. The lowest BCUT2D eigenvalue weighted by atomic mass is 10.1. The van der Waals surface area contributed by atoms with Crippen LogP contribution in [0.5, 0.6) is 0 Å². The van der Waals surface area contributed by atoms with Gasteiger partial charge in [0.1, 0.15) is 5.82 Å². The van der Waals surface area contributed by atoms with Crippen LogP contribution in [0.3, 0.4) is 0 Å². The normalized spacial score (nSPS) is 23.6. The zero-order valence-electron chi connectivity index (χ0n) is 12.8. The van der Waals surface area contributed by atoms with Crippen molar-refractivity contribution in [1.29, 1.82) is 0 Å². The molecule has 2 aliphatic heterocycles. The number of rotatable bonds is 4. The van der Waals surface area contributed by atoms with Gasteiger partial charge in [-0.2, -0.15) is 0 Å². The molecule has 5 heteroatoms. The van der Waals surface area contributed by atoms with Crippen LogP contribution in [0.25, 0.3) is 0 Å². The Morgan fingerprint density at radius 1 is 1.23 bits per heavy atom. The number of nitrogens with one attached hydrogen (secondary N) is 1. The van der Waals surface area contributed by atoms with E-state index in [0.29, 0.717) is 12.5 Å². The summed E-state index contributed by atoms with van der Waals surface area (Å²) in [5.74, 6) is -0.252.